The Morgan fingerprint density at radius 1 is 1.32 bits per heavy atom. The maximum atomic E-state index is 10.1. The molecule has 1 amide bonds. The van der Waals surface area contributed by atoms with Crippen molar-refractivity contribution in [1.82, 2.24) is 0 Å². The molecule has 109 valence electrons. The summed E-state index contributed by atoms with van der Waals surface area (Å²) in [6.07, 6.45) is 8.24. The van der Waals surface area contributed by atoms with Gasteiger partial charge in [-0.2, -0.15) is 6.08 Å². The van der Waals surface area contributed by atoms with E-state index >= 15 is 0 Å². The molecule has 1 N–H and O–H groups in total. The summed E-state index contributed by atoms with van der Waals surface area (Å²) in [6.45, 7) is 11.7. The van der Waals surface area contributed by atoms with Gasteiger partial charge in [0.25, 0.3) is 0 Å². The zero-order chi connectivity index (χ0) is 13.2. The van der Waals surface area contributed by atoms with Crippen LogP contribution in [0.5, 0.6) is 0 Å². The molecule has 0 aliphatic heterocycles. The zero-order valence-corrected chi connectivity index (χ0v) is 17.7. The van der Waals surface area contributed by atoms with Gasteiger partial charge in [0.1, 0.15) is 0 Å². The molecule has 0 heterocycles. The summed E-state index contributed by atoms with van der Waals surface area (Å²) in [4.78, 5) is 10.1. The van der Waals surface area contributed by atoms with Crippen LogP contribution in [0, 0.1) is 11.5 Å². The summed E-state index contributed by atoms with van der Waals surface area (Å²) in [7, 11) is 0.750. The third kappa shape index (κ3) is 27.7. The number of nitrogens with one attached hydrogen (secondary N) is 1. The largest absolute Gasteiger partial charge is 4.00 e. The Kier molecular flexibility index (Phi) is 31.2. The number of carbonyl (C=O) groups is 1. The number of amides is 1. The number of hydrogen-bond donors (Lipinski definition) is 0. The molecule has 0 aromatic heterocycles. The minimum Gasteiger partial charge on any atom is -1.00 e. The van der Waals surface area contributed by atoms with Crippen LogP contribution in [-0.4, -0.2) is 15.4 Å². The Hall–Kier alpha value is 0.630. The molecule has 19 heavy (non-hydrogen) atoms. The number of allylic oxidation sites excluding steroid dienone is 4. The van der Waals surface area contributed by atoms with Gasteiger partial charge in [-0.05, 0) is 0 Å². The predicted molar refractivity (Wildman–Crippen MR) is 73.8 cm³/mol. The topological polar surface area (TPSA) is 40.9 Å². The van der Waals surface area contributed by atoms with E-state index in [9.17, 15) is 4.79 Å². The van der Waals surface area contributed by atoms with E-state index in [0.717, 1.165) is 15.9 Å². The van der Waals surface area contributed by atoms with Crippen molar-refractivity contribution in [2.45, 2.75) is 47.2 Å². The molecule has 6 heteroatoms. The van der Waals surface area contributed by atoms with Crippen LogP contribution in [-0.2, 0) is 31.0 Å². The van der Waals surface area contributed by atoms with Crippen LogP contribution in [0.4, 0.5) is 0 Å². The van der Waals surface area contributed by atoms with Gasteiger partial charge in [-0.3, -0.25) is 6.08 Å². The minimum absolute atomic E-state index is 0. The zero-order valence-electron chi connectivity index (χ0n) is 12.6. The van der Waals surface area contributed by atoms with Gasteiger partial charge >= 0.3 is 26.2 Å². The van der Waals surface area contributed by atoms with Gasteiger partial charge < -0.3 is 35.3 Å². The molecule has 0 unspecified atom stereocenters. The third-order valence-corrected chi connectivity index (χ3v) is 1.55. The van der Waals surface area contributed by atoms with Crippen LogP contribution in [0.2, 0.25) is 13.1 Å². The fourth-order valence-corrected chi connectivity index (χ4v) is 0.499. The van der Waals surface area contributed by atoms with E-state index in [4.69, 9.17) is 5.73 Å². The Balaban J connectivity index is -0.0000000507. The predicted octanol–water partition coefficient (Wildman–Crippen LogP) is -2.17. The molecule has 0 aromatic carbocycles. The molecule has 0 bridgehead atoms. The Morgan fingerprint density at radius 3 is 1.68 bits per heavy atom. The number of carbonyl (C=O) groups excluding carboxylic acids is 1. The van der Waals surface area contributed by atoms with Crippen LogP contribution < -0.4 is 24.8 Å². The van der Waals surface area contributed by atoms with E-state index in [1.165, 1.54) is 5.57 Å². The van der Waals surface area contributed by atoms with Crippen molar-refractivity contribution in [2.24, 2.45) is 5.41 Å². The smallest absolute Gasteiger partial charge is 1.00 e. The standard InChI is InChI=1S/C6H7.C5H11NO.C2H7Si.2ClH.Zr/c1-6-4-2-3-5-6;1-5(2,3)4(6)7;1-3-2;;;/h4-5H,2H2,1H3;1-3H3,(H2,6,7);3H,1-2H3;2*1H;/q-1;;;;;+4/p-3. The van der Waals surface area contributed by atoms with Crippen LogP contribution in [0.3, 0.4) is 0 Å². The molecule has 0 aromatic rings. The summed E-state index contributed by atoms with van der Waals surface area (Å²) in [5.74, 6) is -0.507. The van der Waals surface area contributed by atoms with Gasteiger partial charge in [-0.25, -0.2) is 11.6 Å². The van der Waals surface area contributed by atoms with E-state index in [1.54, 1.807) is 20.8 Å². The number of rotatable bonds is 0. The quantitative estimate of drug-likeness (QED) is 0.337. The van der Waals surface area contributed by atoms with Crippen molar-refractivity contribution in [3.63, 3.8) is 0 Å². The molecule has 0 saturated heterocycles. The van der Waals surface area contributed by atoms with Crippen molar-refractivity contribution >= 4 is 15.4 Å². The van der Waals surface area contributed by atoms with Crippen molar-refractivity contribution < 1.29 is 55.8 Å². The van der Waals surface area contributed by atoms with Gasteiger partial charge in [0.2, 0.25) is 0 Å². The van der Waals surface area contributed by atoms with Crippen LogP contribution in [0.1, 0.15) is 34.1 Å². The molecule has 1 aliphatic carbocycles. The second-order valence-corrected chi connectivity index (χ2v) is 5.81. The third-order valence-electron chi connectivity index (χ3n) is 1.55. The monoisotopic (exact) mass is 398 g/mol. The first-order valence-electron chi connectivity index (χ1n) is 5.49. The minimum atomic E-state index is -0.507. The van der Waals surface area contributed by atoms with E-state index in [1.807, 2.05) is 6.08 Å². The average molecular weight is 401 g/mol. The van der Waals surface area contributed by atoms with E-state index in [0.29, 0.717) is 0 Å². The summed E-state index contributed by atoms with van der Waals surface area (Å²) in [5.41, 5.74) is 7.46. The molecule has 0 saturated carbocycles. The normalized spacial score (nSPS) is 10.9. The van der Waals surface area contributed by atoms with Gasteiger partial charge in [0.05, 0.1) is 5.91 Å². The van der Waals surface area contributed by atoms with Gasteiger partial charge in [-0.1, -0.05) is 33.9 Å². The molecule has 1 radical (unpaired) electrons. The average Bonchev–Trinajstić information content (AvgIpc) is 2.56. The molecule has 2 nitrogen and oxygen atoms in total. The van der Waals surface area contributed by atoms with E-state index in [-0.39, 0.29) is 51.0 Å². The molecule has 1 aliphatic rings. The van der Waals surface area contributed by atoms with Crippen molar-refractivity contribution in [1.29, 1.82) is 0 Å². The van der Waals surface area contributed by atoms with Crippen LogP contribution >= 0.6 is 0 Å². The summed E-state index contributed by atoms with van der Waals surface area (Å²) in [6, 6.07) is 0. The van der Waals surface area contributed by atoms with Gasteiger partial charge in [-0.15, -0.1) is 13.3 Å². The van der Waals surface area contributed by atoms with Gasteiger partial charge in [0.15, 0.2) is 0 Å². The molecular formula is C13H24Cl2NOSiZr. The Bertz CT molecular complexity index is 261. The summed E-state index contributed by atoms with van der Waals surface area (Å²) in [5, 5.41) is 0. The molecule has 0 spiro atoms. The maximum Gasteiger partial charge on any atom is 4.00 e. The first kappa shape index (κ1) is 31.8. The first-order valence-corrected chi connectivity index (χ1v) is 7.80. The van der Waals surface area contributed by atoms with Crippen LogP contribution in [0.25, 0.3) is 5.73 Å². The Morgan fingerprint density at radius 2 is 1.63 bits per heavy atom. The van der Waals surface area contributed by atoms with Crippen molar-refractivity contribution in [2.75, 3.05) is 0 Å². The fourth-order valence-electron chi connectivity index (χ4n) is 0.499. The van der Waals surface area contributed by atoms with Gasteiger partial charge in [0, 0.05) is 14.9 Å². The van der Waals surface area contributed by atoms with Crippen molar-refractivity contribution in [3.05, 3.63) is 29.5 Å². The number of halogens is 2. The van der Waals surface area contributed by atoms with E-state index < -0.39 is 11.3 Å². The molecular weight excluding hydrogens is 376 g/mol. The molecule has 1 rings (SSSR count). The second kappa shape index (κ2) is 18.6. The van der Waals surface area contributed by atoms with Crippen LogP contribution in [0.15, 0.2) is 17.7 Å². The van der Waals surface area contributed by atoms with Crippen molar-refractivity contribution in [3.8, 4) is 0 Å². The van der Waals surface area contributed by atoms with E-state index in [2.05, 4.69) is 32.2 Å². The first-order chi connectivity index (χ1) is 7.25. The SMILES string of the molecule is CC(C)(C)C([NH-])=O.CC1=CC[C-]=C1.C[SiH]C.[Cl-].[Cl-].[Zr+4]. The Labute approximate surface area is 152 Å². The summed E-state index contributed by atoms with van der Waals surface area (Å²) < 4.78 is 0. The second-order valence-electron chi connectivity index (χ2n) is 4.66. The molecule has 0 fully saturated rings. The summed E-state index contributed by atoms with van der Waals surface area (Å²) >= 11 is 0. The molecule has 0 atom stereocenters. The number of hydrogen-bond acceptors (Lipinski definition) is 1. The fraction of sp³-hybridized carbons (Fsp3) is 0.615. The maximum absolute atomic E-state index is 10.1.